The van der Waals surface area contributed by atoms with Crippen LogP contribution in [0.3, 0.4) is 0 Å². The molecule has 0 N–H and O–H groups in total. The summed E-state index contributed by atoms with van der Waals surface area (Å²) in [7, 11) is 0. The van der Waals surface area contributed by atoms with Crippen LogP contribution in [0.4, 0.5) is 4.79 Å². The van der Waals surface area contributed by atoms with Gasteiger partial charge in [0.15, 0.2) is 0 Å². The Morgan fingerprint density at radius 2 is 1.69 bits per heavy atom. The molecule has 3 aliphatic rings. The van der Waals surface area contributed by atoms with Crippen molar-refractivity contribution in [2.45, 2.75) is 96.6 Å². The molecule has 1 aliphatic carbocycles. The Morgan fingerprint density at radius 1 is 1.00 bits per heavy atom. The number of ether oxygens (including phenoxy) is 3. The monoisotopic (exact) mass is 410 g/mol. The third-order valence-electron chi connectivity index (χ3n) is 6.13. The largest absolute Gasteiger partial charge is 0.466 e. The molecule has 2 saturated heterocycles. The fourth-order valence-corrected chi connectivity index (χ4v) is 4.54. The molecule has 1 amide bonds. The smallest absolute Gasteiger partial charge is 0.410 e. The van der Waals surface area contributed by atoms with E-state index in [9.17, 15) is 9.59 Å². The van der Waals surface area contributed by atoms with Crippen molar-refractivity contribution in [2.24, 2.45) is 5.92 Å². The maximum absolute atomic E-state index is 12.8. The van der Waals surface area contributed by atoms with E-state index in [1.165, 1.54) is 6.42 Å². The van der Waals surface area contributed by atoms with Gasteiger partial charge in [0.05, 0.1) is 24.7 Å². The van der Waals surface area contributed by atoms with Crippen molar-refractivity contribution in [1.29, 1.82) is 0 Å². The molecule has 0 spiro atoms. The van der Waals surface area contributed by atoms with Crippen molar-refractivity contribution in [3.8, 4) is 0 Å². The van der Waals surface area contributed by atoms with Crippen molar-refractivity contribution in [3.05, 3.63) is 0 Å². The Balaban J connectivity index is 1.60. The lowest BCUT2D eigenvalue weighted by Crippen LogP contribution is -2.58. The Bertz CT molecular complexity index is 564. The summed E-state index contributed by atoms with van der Waals surface area (Å²) in [6, 6.07) is 0.0351. The van der Waals surface area contributed by atoms with Crippen LogP contribution >= 0.6 is 0 Å². The number of carbonyl (C=O) groups is 2. The van der Waals surface area contributed by atoms with Gasteiger partial charge in [-0.25, -0.2) is 4.79 Å². The molecule has 1 unspecified atom stereocenters. The molecule has 0 bridgehead atoms. The highest BCUT2D eigenvalue weighted by Gasteiger charge is 2.43. The topological polar surface area (TPSA) is 68.3 Å². The summed E-state index contributed by atoms with van der Waals surface area (Å²) >= 11 is 0. The minimum atomic E-state index is -0.497. The summed E-state index contributed by atoms with van der Waals surface area (Å²) in [5.41, 5.74) is -0.497. The molecule has 1 saturated carbocycles. The van der Waals surface area contributed by atoms with Gasteiger partial charge in [0.2, 0.25) is 0 Å². The molecule has 3 fully saturated rings. The van der Waals surface area contributed by atoms with Gasteiger partial charge in [0.1, 0.15) is 11.8 Å². The van der Waals surface area contributed by atoms with Crippen LogP contribution in [0.25, 0.3) is 0 Å². The highest BCUT2D eigenvalue weighted by Crippen LogP contribution is 2.33. The predicted octanol–water partition coefficient (Wildman–Crippen LogP) is 3.56. The van der Waals surface area contributed by atoms with Gasteiger partial charge < -0.3 is 19.1 Å². The maximum atomic E-state index is 12.8. The van der Waals surface area contributed by atoms with E-state index in [-0.39, 0.29) is 36.4 Å². The summed E-state index contributed by atoms with van der Waals surface area (Å²) in [6.45, 7) is 10.8. The maximum Gasteiger partial charge on any atom is 0.410 e. The molecule has 0 radical (unpaired) electrons. The average Bonchev–Trinajstić information content (AvgIpc) is 3.09. The third-order valence-corrected chi connectivity index (χ3v) is 6.13. The van der Waals surface area contributed by atoms with Crippen molar-refractivity contribution >= 4 is 12.1 Å². The number of nitrogens with zero attached hydrogens (tertiary/aromatic N) is 2. The fraction of sp³-hybridized carbons (Fsp3) is 0.909. The Hall–Kier alpha value is -1.34. The van der Waals surface area contributed by atoms with Gasteiger partial charge in [-0.2, -0.15) is 0 Å². The van der Waals surface area contributed by atoms with Gasteiger partial charge in [0.25, 0.3) is 0 Å². The second kappa shape index (κ2) is 9.65. The molecule has 7 heteroatoms. The lowest BCUT2D eigenvalue weighted by atomic mass is 9.87. The first-order valence-electron chi connectivity index (χ1n) is 11.3. The van der Waals surface area contributed by atoms with E-state index in [4.69, 9.17) is 14.2 Å². The number of likely N-dealkylation sites (tertiary alicyclic amines) is 2. The quantitative estimate of drug-likeness (QED) is 0.624. The summed E-state index contributed by atoms with van der Waals surface area (Å²) in [6.07, 6.45) is 6.28. The van der Waals surface area contributed by atoms with Crippen molar-refractivity contribution in [2.75, 3.05) is 26.2 Å². The standard InChI is InChI=1S/C22H38N2O5/c1-5-27-20(25)16-9-11-17(12-10-16)28-19(23-13-7-14-23)18-8-6-15-24(18)21(26)29-22(2,3)4/h16-19H,5-15H2,1-4H3/t16-,17-,18-,19?/m0/s1. The number of amides is 1. The molecule has 0 aromatic heterocycles. The second-order valence-electron chi connectivity index (χ2n) is 9.53. The van der Waals surface area contributed by atoms with Gasteiger partial charge in [-0.1, -0.05) is 0 Å². The van der Waals surface area contributed by atoms with Gasteiger partial charge in [0, 0.05) is 19.6 Å². The Morgan fingerprint density at radius 3 is 2.24 bits per heavy atom. The number of hydrogen-bond donors (Lipinski definition) is 0. The zero-order valence-electron chi connectivity index (χ0n) is 18.5. The molecule has 29 heavy (non-hydrogen) atoms. The Kier molecular flexibility index (Phi) is 7.43. The molecule has 2 heterocycles. The van der Waals surface area contributed by atoms with Crippen LogP contribution in [-0.2, 0) is 19.0 Å². The summed E-state index contributed by atoms with van der Waals surface area (Å²) in [5.74, 6) is -0.0702. The molecule has 0 aromatic rings. The number of hydrogen-bond acceptors (Lipinski definition) is 6. The predicted molar refractivity (Wildman–Crippen MR) is 109 cm³/mol. The summed E-state index contributed by atoms with van der Waals surface area (Å²) in [5, 5.41) is 0. The lowest BCUT2D eigenvalue weighted by molar-refractivity contribution is -0.164. The highest BCUT2D eigenvalue weighted by molar-refractivity contribution is 5.72. The number of carbonyl (C=O) groups excluding carboxylic acids is 2. The van der Waals surface area contributed by atoms with Crippen LogP contribution in [0, 0.1) is 5.92 Å². The lowest BCUT2D eigenvalue weighted by Gasteiger charge is -2.45. The van der Waals surface area contributed by atoms with Crippen LogP contribution in [0.15, 0.2) is 0 Å². The van der Waals surface area contributed by atoms with E-state index < -0.39 is 5.60 Å². The van der Waals surface area contributed by atoms with E-state index in [0.29, 0.717) is 6.61 Å². The van der Waals surface area contributed by atoms with E-state index in [1.807, 2.05) is 32.6 Å². The zero-order chi connectivity index (χ0) is 21.0. The van der Waals surface area contributed by atoms with E-state index in [0.717, 1.165) is 58.2 Å². The SMILES string of the molecule is CCOC(=O)[C@H]1CC[C@H](OC([C@@H]2CCCN2C(=O)OC(C)(C)C)N2CCC2)CC1. The molecule has 2 aliphatic heterocycles. The molecular weight excluding hydrogens is 372 g/mol. The van der Waals surface area contributed by atoms with Crippen LogP contribution in [0.5, 0.6) is 0 Å². The van der Waals surface area contributed by atoms with E-state index in [2.05, 4.69) is 4.90 Å². The first kappa shape index (κ1) is 22.3. The van der Waals surface area contributed by atoms with Crippen LogP contribution in [0.2, 0.25) is 0 Å². The van der Waals surface area contributed by atoms with Crippen LogP contribution in [0.1, 0.15) is 72.6 Å². The molecular formula is C22H38N2O5. The van der Waals surface area contributed by atoms with E-state index in [1.54, 1.807) is 0 Å². The van der Waals surface area contributed by atoms with Gasteiger partial charge in [-0.15, -0.1) is 0 Å². The van der Waals surface area contributed by atoms with Crippen molar-refractivity contribution in [3.63, 3.8) is 0 Å². The van der Waals surface area contributed by atoms with Crippen molar-refractivity contribution in [1.82, 2.24) is 9.80 Å². The minimum absolute atomic E-state index is 0.00185. The summed E-state index contributed by atoms with van der Waals surface area (Å²) in [4.78, 5) is 29.0. The highest BCUT2D eigenvalue weighted by atomic mass is 16.6. The fourth-order valence-electron chi connectivity index (χ4n) is 4.54. The van der Waals surface area contributed by atoms with Gasteiger partial charge in [-0.05, 0) is 72.6 Å². The Labute approximate surface area is 175 Å². The molecule has 166 valence electrons. The zero-order valence-corrected chi connectivity index (χ0v) is 18.5. The van der Waals surface area contributed by atoms with Gasteiger partial charge in [-0.3, -0.25) is 9.69 Å². The first-order valence-corrected chi connectivity index (χ1v) is 11.3. The first-order chi connectivity index (χ1) is 13.8. The minimum Gasteiger partial charge on any atom is -0.466 e. The third kappa shape index (κ3) is 5.85. The number of rotatable bonds is 6. The van der Waals surface area contributed by atoms with Crippen molar-refractivity contribution < 1.29 is 23.8 Å². The molecule has 3 rings (SSSR count). The molecule has 2 atom stereocenters. The van der Waals surface area contributed by atoms with Gasteiger partial charge >= 0.3 is 12.1 Å². The van der Waals surface area contributed by atoms with E-state index >= 15 is 0 Å². The van der Waals surface area contributed by atoms with Crippen LogP contribution in [-0.4, -0.2) is 72.1 Å². The molecule has 0 aromatic carbocycles. The van der Waals surface area contributed by atoms with Crippen LogP contribution < -0.4 is 0 Å². The normalized spacial score (nSPS) is 29.2. The average molecular weight is 411 g/mol. The molecule has 7 nitrogen and oxygen atoms in total. The summed E-state index contributed by atoms with van der Waals surface area (Å²) < 4.78 is 17.4. The number of esters is 1. The second-order valence-corrected chi connectivity index (χ2v) is 9.53.